The number of hydrogen-bond donors (Lipinski definition) is 4. The van der Waals surface area contributed by atoms with Crippen LogP contribution in [-0.2, 0) is 20.7 Å². The Balaban J connectivity index is 1.84. The summed E-state index contributed by atoms with van der Waals surface area (Å²) >= 11 is 0. The highest BCUT2D eigenvalue weighted by molar-refractivity contribution is 5.97. The number of alkyl carbamates (subject to hydrolysis) is 1. The van der Waals surface area contributed by atoms with E-state index in [0.717, 1.165) is 31.7 Å². The zero-order valence-corrected chi connectivity index (χ0v) is 22.6. The number of anilines is 1. The van der Waals surface area contributed by atoms with Crippen molar-refractivity contribution in [1.82, 2.24) is 10.6 Å². The van der Waals surface area contributed by atoms with Crippen LogP contribution in [0.2, 0.25) is 0 Å². The van der Waals surface area contributed by atoms with Crippen molar-refractivity contribution in [3.05, 3.63) is 29.1 Å². The fourth-order valence-corrected chi connectivity index (χ4v) is 4.82. The smallest absolute Gasteiger partial charge is 0.408 e. The molecule has 0 saturated heterocycles. The van der Waals surface area contributed by atoms with Gasteiger partial charge in [0.1, 0.15) is 24.0 Å². The second kappa shape index (κ2) is 12.1. The molecule has 2 aliphatic carbocycles. The average molecular weight is 560 g/mol. The van der Waals surface area contributed by atoms with E-state index in [9.17, 15) is 32.7 Å². The van der Waals surface area contributed by atoms with E-state index >= 15 is 4.39 Å². The molecule has 0 bridgehead atoms. The van der Waals surface area contributed by atoms with Gasteiger partial charge in [-0.1, -0.05) is 0 Å². The van der Waals surface area contributed by atoms with Gasteiger partial charge in [0, 0.05) is 6.61 Å². The summed E-state index contributed by atoms with van der Waals surface area (Å²) in [6.45, 7) is 4.52. The van der Waals surface area contributed by atoms with Crippen molar-refractivity contribution in [3.8, 4) is 0 Å². The monoisotopic (exact) mass is 559 g/mol. The fourth-order valence-electron chi connectivity index (χ4n) is 4.82. The SMILES string of the molecule is C[C@H](C(=O)NCC(F)(F)F)c1cc(F)c(NC(=O)[C@@H](NC(=O)OC(C)(C)C)C(C2CC2)C2CC2)cc1CCO. The van der Waals surface area contributed by atoms with Crippen molar-refractivity contribution < 1.29 is 41.8 Å². The highest BCUT2D eigenvalue weighted by Crippen LogP contribution is 2.51. The molecule has 4 N–H and O–H groups in total. The molecule has 2 fully saturated rings. The summed E-state index contributed by atoms with van der Waals surface area (Å²) < 4.78 is 58.2. The Morgan fingerprint density at radius 3 is 2.13 bits per heavy atom. The second-order valence-electron chi connectivity index (χ2n) is 11.4. The van der Waals surface area contributed by atoms with Crippen molar-refractivity contribution in [2.75, 3.05) is 18.5 Å². The molecule has 0 heterocycles. The van der Waals surface area contributed by atoms with Crippen LogP contribution in [0.15, 0.2) is 12.1 Å². The molecular formula is C27H37F4N3O5. The Morgan fingerprint density at radius 1 is 1.05 bits per heavy atom. The highest BCUT2D eigenvalue weighted by Gasteiger charge is 2.48. The average Bonchev–Trinajstić information content (AvgIpc) is 3.72. The lowest BCUT2D eigenvalue weighted by molar-refractivity contribution is -0.139. The summed E-state index contributed by atoms with van der Waals surface area (Å²) in [7, 11) is 0. The molecule has 218 valence electrons. The van der Waals surface area contributed by atoms with Gasteiger partial charge < -0.3 is 25.8 Å². The maximum atomic E-state index is 15.2. The van der Waals surface area contributed by atoms with Crippen molar-refractivity contribution in [1.29, 1.82) is 0 Å². The van der Waals surface area contributed by atoms with E-state index in [4.69, 9.17) is 4.74 Å². The Kier molecular flexibility index (Phi) is 9.51. The van der Waals surface area contributed by atoms with Gasteiger partial charge in [-0.3, -0.25) is 9.59 Å². The number of ether oxygens (including phenoxy) is 1. The van der Waals surface area contributed by atoms with E-state index in [1.165, 1.54) is 13.0 Å². The van der Waals surface area contributed by atoms with E-state index in [1.807, 2.05) is 0 Å². The first kappa shape index (κ1) is 30.6. The molecule has 2 atom stereocenters. The molecule has 0 aliphatic heterocycles. The molecule has 12 heteroatoms. The first-order chi connectivity index (χ1) is 18.1. The van der Waals surface area contributed by atoms with Crippen LogP contribution in [0.3, 0.4) is 0 Å². The maximum Gasteiger partial charge on any atom is 0.408 e. The second-order valence-corrected chi connectivity index (χ2v) is 11.4. The minimum absolute atomic E-state index is 0.0261. The van der Waals surface area contributed by atoms with Crippen LogP contribution in [0, 0.1) is 23.6 Å². The molecule has 3 rings (SSSR count). The molecule has 8 nitrogen and oxygen atoms in total. The van der Waals surface area contributed by atoms with Gasteiger partial charge in [-0.05, 0) is 101 Å². The molecule has 39 heavy (non-hydrogen) atoms. The zero-order valence-electron chi connectivity index (χ0n) is 22.6. The molecule has 0 spiro atoms. The lowest BCUT2D eigenvalue weighted by atomic mass is 9.88. The summed E-state index contributed by atoms with van der Waals surface area (Å²) in [5.74, 6) is -3.24. The molecule has 3 amide bonds. The number of carbonyl (C=O) groups excluding carboxylic acids is 3. The third kappa shape index (κ3) is 9.08. The minimum Gasteiger partial charge on any atom is -0.444 e. The van der Waals surface area contributed by atoms with E-state index < -0.39 is 54.0 Å². The van der Waals surface area contributed by atoms with Crippen LogP contribution < -0.4 is 16.0 Å². The lowest BCUT2D eigenvalue weighted by Gasteiger charge is -2.29. The van der Waals surface area contributed by atoms with Gasteiger partial charge in [-0.15, -0.1) is 0 Å². The number of rotatable bonds is 11. The van der Waals surface area contributed by atoms with Crippen LogP contribution in [0.25, 0.3) is 0 Å². The standard InChI is InChI=1S/C27H37F4N3O5/c1-14(23(36)32-13-27(29,30)31)18-12-19(28)20(11-17(18)9-10-35)33-24(37)22(34-25(38)39-26(2,3)4)21(15-5-6-15)16-7-8-16/h11-12,14-16,21-22,35H,5-10,13H2,1-4H3,(H,32,36)(H,33,37)(H,34,38)/t14-,22-/m0/s1. The van der Waals surface area contributed by atoms with Gasteiger partial charge in [0.2, 0.25) is 11.8 Å². The Morgan fingerprint density at radius 2 is 1.64 bits per heavy atom. The van der Waals surface area contributed by atoms with Crippen LogP contribution in [0.4, 0.5) is 28.0 Å². The molecule has 0 radical (unpaired) electrons. The largest absolute Gasteiger partial charge is 0.444 e. The van der Waals surface area contributed by atoms with E-state index in [1.54, 1.807) is 26.1 Å². The van der Waals surface area contributed by atoms with Crippen molar-refractivity contribution in [2.45, 2.75) is 83.5 Å². The normalized spacial score (nSPS) is 17.4. The number of aliphatic hydroxyl groups is 1. The van der Waals surface area contributed by atoms with E-state index in [-0.39, 0.29) is 42.0 Å². The van der Waals surface area contributed by atoms with Gasteiger partial charge in [0.25, 0.3) is 0 Å². The van der Waals surface area contributed by atoms with Crippen LogP contribution >= 0.6 is 0 Å². The van der Waals surface area contributed by atoms with E-state index in [0.29, 0.717) is 5.56 Å². The third-order valence-electron chi connectivity index (χ3n) is 6.86. The van der Waals surface area contributed by atoms with Crippen molar-refractivity contribution in [3.63, 3.8) is 0 Å². The minimum atomic E-state index is -4.61. The summed E-state index contributed by atoms with van der Waals surface area (Å²) in [4.78, 5) is 38.4. The van der Waals surface area contributed by atoms with Crippen LogP contribution in [0.1, 0.15) is 70.4 Å². The molecule has 2 aliphatic rings. The lowest BCUT2D eigenvalue weighted by Crippen LogP contribution is -2.51. The van der Waals surface area contributed by atoms with Gasteiger partial charge in [0.15, 0.2) is 0 Å². The van der Waals surface area contributed by atoms with Crippen LogP contribution in [0.5, 0.6) is 0 Å². The molecule has 0 aromatic heterocycles. The summed E-state index contributed by atoms with van der Waals surface area (Å²) in [5.41, 5.74) is -0.626. The summed E-state index contributed by atoms with van der Waals surface area (Å²) in [6, 6.07) is 1.28. The molecular weight excluding hydrogens is 522 g/mol. The number of hydrogen-bond acceptors (Lipinski definition) is 5. The van der Waals surface area contributed by atoms with Gasteiger partial charge in [-0.2, -0.15) is 13.2 Å². The molecule has 1 aromatic carbocycles. The predicted octanol–water partition coefficient (Wildman–Crippen LogP) is 4.41. The van der Waals surface area contributed by atoms with Crippen molar-refractivity contribution >= 4 is 23.6 Å². The number of benzene rings is 1. The Hall–Kier alpha value is -2.89. The number of amides is 3. The number of aliphatic hydroxyl groups excluding tert-OH is 1. The predicted molar refractivity (Wildman–Crippen MR) is 135 cm³/mol. The number of carbonyl (C=O) groups is 3. The number of nitrogens with one attached hydrogen (secondary N) is 3. The number of halogens is 4. The molecule has 2 saturated carbocycles. The topological polar surface area (TPSA) is 117 Å². The Bertz CT molecular complexity index is 1050. The molecule has 1 aromatic rings. The Labute approximate surface area is 225 Å². The first-order valence-corrected chi connectivity index (χ1v) is 13.2. The van der Waals surface area contributed by atoms with Gasteiger partial charge in [-0.25, -0.2) is 9.18 Å². The quantitative estimate of drug-likeness (QED) is 0.300. The molecule has 0 unspecified atom stereocenters. The highest BCUT2D eigenvalue weighted by atomic mass is 19.4. The fraction of sp³-hybridized carbons (Fsp3) is 0.667. The van der Waals surface area contributed by atoms with Crippen LogP contribution in [-0.4, -0.2) is 54.0 Å². The van der Waals surface area contributed by atoms with Crippen molar-refractivity contribution in [2.24, 2.45) is 17.8 Å². The number of alkyl halides is 3. The summed E-state index contributed by atoms with van der Waals surface area (Å²) in [6.07, 6.45) is -1.67. The van der Waals surface area contributed by atoms with E-state index in [2.05, 4.69) is 10.6 Å². The first-order valence-electron chi connectivity index (χ1n) is 13.2. The van der Waals surface area contributed by atoms with Gasteiger partial charge >= 0.3 is 12.3 Å². The zero-order chi connectivity index (χ0) is 29.1. The summed E-state index contributed by atoms with van der Waals surface area (Å²) in [5, 5.41) is 16.5. The third-order valence-corrected chi connectivity index (χ3v) is 6.86. The van der Waals surface area contributed by atoms with Gasteiger partial charge in [0.05, 0.1) is 11.6 Å². The maximum absolute atomic E-state index is 15.2.